The molecule has 1 unspecified atom stereocenters. The van der Waals surface area contributed by atoms with Gasteiger partial charge in [0.15, 0.2) is 0 Å². The number of thioether (sulfide) groups is 1. The molecule has 1 aromatic rings. The number of rotatable bonds is 5. The minimum Gasteiger partial charge on any atom is -0.496 e. The third-order valence-corrected chi connectivity index (χ3v) is 5.11. The van der Waals surface area contributed by atoms with Gasteiger partial charge in [-0.15, -0.1) is 11.8 Å². The Bertz CT molecular complexity index is 621. The first kappa shape index (κ1) is 16.1. The van der Waals surface area contributed by atoms with Crippen LogP contribution in [-0.2, 0) is 4.79 Å². The molecule has 1 aliphatic heterocycles. The lowest BCUT2D eigenvalue weighted by Gasteiger charge is -2.24. The summed E-state index contributed by atoms with van der Waals surface area (Å²) in [5.41, 5.74) is 0.148. The van der Waals surface area contributed by atoms with Gasteiger partial charge in [-0.1, -0.05) is 0 Å². The quantitative estimate of drug-likeness (QED) is 0.890. The first-order chi connectivity index (χ1) is 11.1. The van der Waals surface area contributed by atoms with Crippen LogP contribution >= 0.6 is 11.8 Å². The highest BCUT2D eigenvalue weighted by molar-refractivity contribution is 7.99. The van der Waals surface area contributed by atoms with E-state index < -0.39 is 11.9 Å². The van der Waals surface area contributed by atoms with E-state index in [-0.39, 0.29) is 17.4 Å². The topological polar surface area (TPSA) is 58.6 Å². The molecule has 2 aliphatic rings. The van der Waals surface area contributed by atoms with Crippen LogP contribution in [0.4, 0.5) is 4.39 Å². The first-order valence-electron chi connectivity index (χ1n) is 7.60. The van der Waals surface area contributed by atoms with Crippen molar-refractivity contribution in [3.8, 4) is 5.75 Å². The second-order valence-electron chi connectivity index (χ2n) is 5.82. The average Bonchev–Trinajstić information content (AvgIpc) is 3.26. The molecule has 1 N–H and O–H groups in total. The van der Waals surface area contributed by atoms with Crippen molar-refractivity contribution in [2.24, 2.45) is 5.92 Å². The summed E-state index contributed by atoms with van der Waals surface area (Å²) < 4.78 is 18.6. The van der Waals surface area contributed by atoms with Crippen LogP contribution in [0.5, 0.6) is 5.75 Å². The van der Waals surface area contributed by atoms with E-state index in [0.29, 0.717) is 29.8 Å². The van der Waals surface area contributed by atoms with Crippen molar-refractivity contribution in [1.82, 2.24) is 10.2 Å². The fourth-order valence-corrected chi connectivity index (χ4v) is 3.70. The molecular formula is C16H19FN2O3S. The van der Waals surface area contributed by atoms with Crippen LogP contribution < -0.4 is 10.1 Å². The molecule has 5 nitrogen and oxygen atoms in total. The number of carbonyl (C=O) groups excluding carboxylic acids is 2. The van der Waals surface area contributed by atoms with E-state index >= 15 is 0 Å². The summed E-state index contributed by atoms with van der Waals surface area (Å²) in [5, 5.41) is 2.91. The van der Waals surface area contributed by atoms with Crippen molar-refractivity contribution in [2.45, 2.75) is 18.9 Å². The van der Waals surface area contributed by atoms with E-state index in [4.69, 9.17) is 4.74 Å². The van der Waals surface area contributed by atoms with Gasteiger partial charge in [0.1, 0.15) is 17.6 Å². The molecule has 23 heavy (non-hydrogen) atoms. The van der Waals surface area contributed by atoms with Crippen molar-refractivity contribution in [1.29, 1.82) is 0 Å². The van der Waals surface area contributed by atoms with E-state index in [1.54, 1.807) is 0 Å². The number of nitrogens with one attached hydrogen (secondary N) is 1. The van der Waals surface area contributed by atoms with Gasteiger partial charge >= 0.3 is 0 Å². The predicted octanol–water partition coefficient (Wildman–Crippen LogP) is 1.88. The summed E-state index contributed by atoms with van der Waals surface area (Å²) in [7, 11) is 1.43. The van der Waals surface area contributed by atoms with E-state index in [2.05, 4.69) is 5.32 Å². The molecular weight excluding hydrogens is 319 g/mol. The van der Waals surface area contributed by atoms with E-state index in [1.165, 1.54) is 35.9 Å². The summed E-state index contributed by atoms with van der Waals surface area (Å²) in [5.74, 6) is 0.852. The van der Waals surface area contributed by atoms with Crippen molar-refractivity contribution < 1.29 is 18.7 Å². The highest BCUT2D eigenvalue weighted by atomic mass is 32.2. The molecule has 1 atom stereocenters. The van der Waals surface area contributed by atoms with Crippen LogP contribution in [-0.4, -0.2) is 48.0 Å². The molecule has 3 rings (SSSR count). The molecule has 0 bridgehead atoms. The lowest BCUT2D eigenvalue weighted by molar-refractivity contribution is -0.124. The summed E-state index contributed by atoms with van der Waals surface area (Å²) in [6, 6.07) is 3.31. The lowest BCUT2D eigenvalue weighted by Crippen LogP contribution is -2.47. The molecule has 0 spiro atoms. The number of hydrogen-bond donors (Lipinski definition) is 1. The zero-order valence-electron chi connectivity index (χ0n) is 12.9. The Balaban J connectivity index is 1.74. The lowest BCUT2D eigenvalue weighted by atomic mass is 10.1. The monoisotopic (exact) mass is 338 g/mol. The Labute approximate surface area is 138 Å². The zero-order valence-corrected chi connectivity index (χ0v) is 13.7. The number of benzene rings is 1. The molecule has 124 valence electrons. The number of hydrogen-bond acceptors (Lipinski definition) is 4. The van der Waals surface area contributed by atoms with Crippen LogP contribution in [0.1, 0.15) is 23.2 Å². The van der Waals surface area contributed by atoms with Crippen LogP contribution in [0, 0.1) is 11.7 Å². The van der Waals surface area contributed by atoms with Gasteiger partial charge in [0.25, 0.3) is 5.91 Å². The van der Waals surface area contributed by atoms with Crippen LogP contribution in [0.2, 0.25) is 0 Å². The largest absolute Gasteiger partial charge is 0.496 e. The maximum atomic E-state index is 13.5. The molecule has 0 radical (unpaired) electrons. The second kappa shape index (κ2) is 6.78. The molecule has 0 aromatic heterocycles. The highest BCUT2D eigenvalue weighted by Gasteiger charge is 2.36. The fraction of sp³-hybridized carbons (Fsp3) is 0.500. The molecule has 2 fully saturated rings. The molecule has 1 heterocycles. The number of nitrogens with zero attached hydrogens (tertiary/aromatic N) is 1. The van der Waals surface area contributed by atoms with Gasteiger partial charge in [-0.3, -0.25) is 9.59 Å². The van der Waals surface area contributed by atoms with Crippen molar-refractivity contribution in [3.05, 3.63) is 29.6 Å². The highest BCUT2D eigenvalue weighted by Crippen LogP contribution is 2.29. The Morgan fingerprint density at radius 1 is 1.43 bits per heavy atom. The smallest absolute Gasteiger partial charge is 0.259 e. The van der Waals surface area contributed by atoms with Crippen molar-refractivity contribution in [3.63, 3.8) is 0 Å². The number of ether oxygens (including phenoxy) is 1. The van der Waals surface area contributed by atoms with E-state index in [9.17, 15) is 14.0 Å². The SMILES string of the molecule is COc1ccc(F)cc1C(=O)N1CSCC1C(=O)NCC1CC1. The van der Waals surface area contributed by atoms with Gasteiger partial charge in [0.2, 0.25) is 5.91 Å². The number of carbonyl (C=O) groups is 2. The Morgan fingerprint density at radius 3 is 2.91 bits per heavy atom. The van der Waals surface area contributed by atoms with Crippen molar-refractivity contribution in [2.75, 3.05) is 25.3 Å². The van der Waals surface area contributed by atoms with Gasteiger partial charge in [0.05, 0.1) is 18.6 Å². The first-order valence-corrected chi connectivity index (χ1v) is 8.75. The minimum atomic E-state index is -0.515. The summed E-state index contributed by atoms with van der Waals surface area (Å²) in [4.78, 5) is 26.5. The Kier molecular flexibility index (Phi) is 4.75. The Morgan fingerprint density at radius 2 is 2.22 bits per heavy atom. The number of halogens is 1. The van der Waals surface area contributed by atoms with E-state index in [0.717, 1.165) is 18.9 Å². The van der Waals surface area contributed by atoms with Gasteiger partial charge in [-0.2, -0.15) is 0 Å². The average molecular weight is 338 g/mol. The van der Waals surface area contributed by atoms with Crippen molar-refractivity contribution >= 4 is 23.6 Å². The maximum Gasteiger partial charge on any atom is 0.259 e. The fourth-order valence-electron chi connectivity index (χ4n) is 2.55. The van der Waals surface area contributed by atoms with Gasteiger partial charge in [-0.05, 0) is 37.0 Å². The maximum absolute atomic E-state index is 13.5. The molecule has 7 heteroatoms. The predicted molar refractivity (Wildman–Crippen MR) is 86.0 cm³/mol. The summed E-state index contributed by atoms with van der Waals surface area (Å²) in [6.45, 7) is 0.672. The van der Waals surface area contributed by atoms with Crippen LogP contribution in [0.3, 0.4) is 0 Å². The standard InChI is InChI=1S/C16H19FN2O3S/c1-22-14-5-4-11(17)6-12(14)16(21)19-9-23-8-13(19)15(20)18-7-10-2-3-10/h4-6,10,13H,2-3,7-9H2,1H3,(H,18,20). The summed E-state index contributed by atoms with van der Waals surface area (Å²) >= 11 is 1.52. The third kappa shape index (κ3) is 3.60. The van der Waals surface area contributed by atoms with Crippen LogP contribution in [0.25, 0.3) is 0 Å². The zero-order chi connectivity index (χ0) is 16.4. The second-order valence-corrected chi connectivity index (χ2v) is 6.82. The minimum absolute atomic E-state index is 0.134. The van der Waals surface area contributed by atoms with Gasteiger partial charge < -0.3 is 15.0 Å². The summed E-state index contributed by atoms with van der Waals surface area (Å²) in [6.07, 6.45) is 2.31. The molecule has 1 aromatic carbocycles. The molecule has 2 amide bonds. The molecule has 1 saturated carbocycles. The number of amides is 2. The number of methoxy groups -OCH3 is 1. The Hall–Kier alpha value is -1.76. The van der Waals surface area contributed by atoms with E-state index in [1.807, 2.05) is 0 Å². The third-order valence-electron chi connectivity index (χ3n) is 4.10. The molecule has 1 aliphatic carbocycles. The molecule has 1 saturated heterocycles. The van der Waals surface area contributed by atoms with Crippen LogP contribution in [0.15, 0.2) is 18.2 Å². The normalized spacial score (nSPS) is 20.4. The van der Waals surface area contributed by atoms with Gasteiger partial charge in [0, 0.05) is 12.3 Å². The van der Waals surface area contributed by atoms with Gasteiger partial charge in [-0.25, -0.2) is 4.39 Å².